The molecule has 4 rings (SSSR count). The van der Waals surface area contributed by atoms with Gasteiger partial charge in [-0.2, -0.15) is 0 Å². The molecule has 4 N–H and O–H groups in total. The summed E-state index contributed by atoms with van der Waals surface area (Å²) in [5, 5.41) is 23.8. The van der Waals surface area contributed by atoms with E-state index in [1.54, 1.807) is 72.8 Å². The molecule has 0 atom stereocenters. The van der Waals surface area contributed by atoms with Crippen molar-refractivity contribution in [2.45, 2.75) is 13.8 Å². The molecule has 9 heteroatoms. The third kappa shape index (κ3) is 9.00. The Morgan fingerprint density at radius 2 is 0.818 bits per heavy atom. The Bertz CT molecular complexity index is 1390. The zero-order chi connectivity index (χ0) is 32.1. The highest BCUT2D eigenvalue weighted by Crippen LogP contribution is 2.19. The average Bonchev–Trinajstić information content (AvgIpc) is 3.06. The molecular weight excluding hydrogens is 556 g/mol. The fourth-order valence-corrected chi connectivity index (χ4v) is 4.28. The van der Waals surface area contributed by atoms with Crippen LogP contribution in [0.25, 0.3) is 0 Å². The van der Waals surface area contributed by atoms with Crippen LogP contribution in [-0.2, 0) is 0 Å². The summed E-state index contributed by atoms with van der Waals surface area (Å²) in [5.74, 6) is -0.725. The molecule has 0 bridgehead atoms. The van der Waals surface area contributed by atoms with Crippen molar-refractivity contribution in [2.24, 2.45) is 0 Å². The number of nitrogens with one attached hydrogen (secondary N) is 2. The number of anilines is 4. The quantitative estimate of drug-likeness (QED) is 0.164. The average molecular weight is 597 g/mol. The number of amides is 2. The smallest absolute Gasteiger partial charge is 0.255 e. The van der Waals surface area contributed by atoms with Crippen LogP contribution in [0.4, 0.5) is 22.7 Å². The Morgan fingerprint density at radius 1 is 0.523 bits per heavy atom. The minimum absolute atomic E-state index is 0.0444. The Hall–Kier alpha value is -4.99. The monoisotopic (exact) mass is 596 g/mol. The zero-order valence-electron chi connectivity index (χ0n) is 25.6. The minimum Gasteiger partial charge on any atom is -0.395 e. The first-order valence-corrected chi connectivity index (χ1v) is 14.5. The first kappa shape index (κ1) is 33.5. The van der Waals surface area contributed by atoms with E-state index < -0.39 is 0 Å². The molecule has 0 unspecified atom stereocenters. The van der Waals surface area contributed by atoms with E-state index in [0.717, 1.165) is 11.4 Å². The molecule has 0 saturated heterocycles. The topological polar surface area (TPSA) is 122 Å². The van der Waals surface area contributed by atoms with Gasteiger partial charge in [-0.05, 0) is 97.1 Å². The van der Waals surface area contributed by atoms with E-state index in [1.165, 1.54) is 0 Å². The first-order chi connectivity index (χ1) is 21.3. The molecule has 0 aliphatic heterocycles. The summed E-state index contributed by atoms with van der Waals surface area (Å²) in [6, 6.07) is 27.5. The summed E-state index contributed by atoms with van der Waals surface area (Å²) in [4.78, 5) is 42.1. The van der Waals surface area contributed by atoms with Crippen molar-refractivity contribution < 1.29 is 24.6 Å². The molecule has 2 amide bonds. The number of aliphatic hydroxyl groups is 2. The largest absolute Gasteiger partial charge is 0.395 e. The molecule has 0 spiro atoms. The molecule has 0 aliphatic rings. The minimum atomic E-state index is -0.270. The van der Waals surface area contributed by atoms with Crippen molar-refractivity contribution in [2.75, 3.05) is 60.8 Å². The van der Waals surface area contributed by atoms with Crippen LogP contribution in [0.2, 0.25) is 0 Å². The molecule has 0 fully saturated rings. The molecule has 0 aromatic heterocycles. The second-order valence-electron chi connectivity index (χ2n) is 9.78. The van der Waals surface area contributed by atoms with Gasteiger partial charge >= 0.3 is 0 Å². The van der Waals surface area contributed by atoms with Crippen LogP contribution in [0, 0.1) is 0 Å². The third-order valence-corrected chi connectivity index (χ3v) is 6.82. The molecule has 44 heavy (non-hydrogen) atoms. The van der Waals surface area contributed by atoms with E-state index in [0.29, 0.717) is 46.7 Å². The van der Waals surface area contributed by atoms with Crippen molar-refractivity contribution in [3.05, 3.63) is 119 Å². The number of hydrogen-bond donors (Lipinski definition) is 4. The predicted molar refractivity (Wildman–Crippen MR) is 177 cm³/mol. The lowest BCUT2D eigenvalue weighted by atomic mass is 10.0. The van der Waals surface area contributed by atoms with Crippen LogP contribution in [0.5, 0.6) is 0 Å². The van der Waals surface area contributed by atoms with Crippen LogP contribution in [0.15, 0.2) is 97.1 Å². The molecule has 4 aromatic carbocycles. The number of likely N-dealkylation sites (N-methyl/N-ethyl adjacent to an activating group) is 2. The van der Waals surface area contributed by atoms with Crippen molar-refractivity contribution >= 4 is 40.3 Å². The predicted octanol–water partition coefficient (Wildman–Crippen LogP) is 5.31. The summed E-state index contributed by atoms with van der Waals surface area (Å²) in [6.07, 6.45) is 0. The maximum Gasteiger partial charge on any atom is 0.255 e. The highest BCUT2D eigenvalue weighted by Gasteiger charge is 2.13. The van der Waals surface area contributed by atoms with Crippen LogP contribution < -0.4 is 20.4 Å². The number of nitrogens with zero attached hydrogens (tertiary/aromatic N) is 2. The van der Waals surface area contributed by atoms with Gasteiger partial charge in [-0.15, -0.1) is 0 Å². The van der Waals surface area contributed by atoms with Gasteiger partial charge in [0.15, 0.2) is 5.78 Å². The number of hydrogen-bond acceptors (Lipinski definition) is 7. The zero-order valence-corrected chi connectivity index (χ0v) is 25.6. The number of carbonyl (C=O) groups excluding carboxylic acids is 3. The van der Waals surface area contributed by atoms with E-state index in [-0.39, 0.29) is 30.8 Å². The van der Waals surface area contributed by atoms with Crippen LogP contribution in [-0.4, -0.2) is 68.2 Å². The summed E-state index contributed by atoms with van der Waals surface area (Å²) < 4.78 is 0. The van der Waals surface area contributed by atoms with Crippen molar-refractivity contribution in [3.63, 3.8) is 0 Å². The Morgan fingerprint density at radius 3 is 1.11 bits per heavy atom. The number of carbonyl (C=O) groups is 3. The normalized spacial score (nSPS) is 10.2. The number of rotatable bonds is 12. The molecule has 0 aliphatic carbocycles. The SMILES string of the molecule is CC.CN(CCO)c1ccc(C(=O)Nc2ccc(C(=O)c3ccc(NC(=O)c4ccc(N(C)CCO)cc4)cc3)cc2)cc1. The fraction of sp³-hybridized carbons (Fsp3) is 0.229. The van der Waals surface area contributed by atoms with Gasteiger partial charge in [0.05, 0.1) is 13.2 Å². The van der Waals surface area contributed by atoms with Gasteiger partial charge in [-0.3, -0.25) is 14.4 Å². The van der Waals surface area contributed by atoms with E-state index in [4.69, 9.17) is 10.2 Å². The van der Waals surface area contributed by atoms with Crippen molar-refractivity contribution in [1.82, 2.24) is 0 Å². The lowest BCUT2D eigenvalue weighted by Crippen LogP contribution is -2.21. The van der Waals surface area contributed by atoms with Gasteiger partial charge in [-0.25, -0.2) is 0 Å². The second kappa shape index (κ2) is 16.6. The maximum atomic E-state index is 13.0. The molecule has 9 nitrogen and oxygen atoms in total. The molecule has 0 heterocycles. The summed E-state index contributed by atoms with van der Waals surface area (Å²) in [6.45, 7) is 5.09. The molecular formula is C35H40N4O5. The van der Waals surface area contributed by atoms with Gasteiger partial charge in [0, 0.05) is 72.2 Å². The van der Waals surface area contributed by atoms with Gasteiger partial charge in [0.25, 0.3) is 11.8 Å². The third-order valence-electron chi connectivity index (χ3n) is 6.82. The highest BCUT2D eigenvalue weighted by molar-refractivity contribution is 6.10. The molecule has 230 valence electrons. The summed E-state index contributed by atoms with van der Waals surface area (Å²) >= 11 is 0. The second-order valence-corrected chi connectivity index (χ2v) is 9.78. The standard InChI is InChI=1S/C33H34N4O5.C2H6/c1-36(19-21-38)29-15-7-25(8-16-29)32(41)34-27-11-3-23(4-12-27)31(40)24-5-13-28(14-6-24)35-33(42)26-9-17-30(18-10-26)37(2)20-22-39;1-2/h3-18,38-39H,19-22H2,1-2H3,(H,34,41)(H,35,42);1-2H3. The lowest BCUT2D eigenvalue weighted by Gasteiger charge is -2.18. The van der Waals surface area contributed by atoms with Gasteiger partial charge < -0.3 is 30.6 Å². The van der Waals surface area contributed by atoms with Crippen LogP contribution >= 0.6 is 0 Å². The first-order valence-electron chi connectivity index (χ1n) is 14.5. The van der Waals surface area contributed by atoms with Crippen molar-refractivity contribution in [3.8, 4) is 0 Å². The lowest BCUT2D eigenvalue weighted by molar-refractivity contribution is 0.101. The van der Waals surface area contributed by atoms with E-state index >= 15 is 0 Å². The molecule has 4 aromatic rings. The van der Waals surface area contributed by atoms with Gasteiger partial charge in [0.2, 0.25) is 0 Å². The van der Waals surface area contributed by atoms with E-state index in [1.807, 2.05) is 62.0 Å². The number of ketones is 1. The summed E-state index contributed by atoms with van der Waals surface area (Å²) in [7, 11) is 3.73. The summed E-state index contributed by atoms with van der Waals surface area (Å²) in [5.41, 5.74) is 4.82. The van der Waals surface area contributed by atoms with E-state index in [9.17, 15) is 14.4 Å². The highest BCUT2D eigenvalue weighted by atomic mass is 16.3. The number of benzene rings is 4. The van der Waals surface area contributed by atoms with E-state index in [2.05, 4.69) is 10.6 Å². The fourth-order valence-electron chi connectivity index (χ4n) is 4.28. The van der Waals surface area contributed by atoms with Gasteiger partial charge in [-0.1, -0.05) is 13.8 Å². The van der Waals surface area contributed by atoms with Gasteiger partial charge in [0.1, 0.15) is 0 Å². The maximum absolute atomic E-state index is 13.0. The molecule has 0 radical (unpaired) electrons. The molecule has 0 saturated carbocycles. The van der Waals surface area contributed by atoms with Crippen LogP contribution in [0.3, 0.4) is 0 Å². The Labute approximate surface area is 258 Å². The Balaban J connectivity index is 0.00000259. The van der Waals surface area contributed by atoms with Crippen LogP contribution in [0.1, 0.15) is 50.5 Å². The number of aliphatic hydroxyl groups excluding tert-OH is 2. The van der Waals surface area contributed by atoms with Crippen molar-refractivity contribution in [1.29, 1.82) is 0 Å². The Kier molecular flexibility index (Phi) is 12.6.